The van der Waals surface area contributed by atoms with Crippen molar-refractivity contribution >= 4 is 29.1 Å². The molecule has 0 radical (unpaired) electrons. The lowest BCUT2D eigenvalue weighted by molar-refractivity contribution is -0.144. The highest BCUT2D eigenvalue weighted by Crippen LogP contribution is 2.47. The lowest BCUT2D eigenvalue weighted by Crippen LogP contribution is -2.25. The average Bonchev–Trinajstić information content (AvgIpc) is 4.01. The second-order valence-corrected chi connectivity index (χ2v) is 19.1. The number of methoxy groups -OCH3 is 1. The van der Waals surface area contributed by atoms with Crippen molar-refractivity contribution in [2.24, 2.45) is 50.5 Å². The van der Waals surface area contributed by atoms with Gasteiger partial charge in [-0.05, 0) is 111 Å². The zero-order valence-corrected chi connectivity index (χ0v) is 39.7. The van der Waals surface area contributed by atoms with Crippen LogP contribution in [-0.4, -0.2) is 47.9 Å². The van der Waals surface area contributed by atoms with Crippen LogP contribution in [0.3, 0.4) is 0 Å². The third-order valence-electron chi connectivity index (χ3n) is 13.9. The molecule has 6 rings (SSSR count). The molecule has 8 bridgehead atoms. The Hall–Kier alpha value is -5.05. The molecule has 0 aromatic rings. The van der Waals surface area contributed by atoms with Gasteiger partial charge in [0, 0.05) is 46.4 Å². The minimum Gasteiger partial charge on any atom is -0.510 e. The first-order chi connectivity index (χ1) is 30.1. The molecule has 9 heteroatoms. The van der Waals surface area contributed by atoms with Crippen LogP contribution in [0.1, 0.15) is 139 Å². The van der Waals surface area contributed by atoms with Crippen molar-refractivity contribution < 1.29 is 24.2 Å². The fraction of sp³-hybridized carbons (Fsp3) is 0.537. The Morgan fingerprint density at radius 3 is 2.22 bits per heavy atom. The van der Waals surface area contributed by atoms with E-state index in [1.807, 2.05) is 37.3 Å². The maximum absolute atomic E-state index is 13.5. The number of hydrogen-bond acceptors (Lipinski definition) is 9. The minimum atomic E-state index is -1.07. The van der Waals surface area contributed by atoms with Crippen LogP contribution in [0.25, 0.3) is 0 Å². The smallest absolute Gasteiger partial charge is 0.321 e. The predicted octanol–water partition coefficient (Wildman–Crippen LogP) is 12.6. The quantitative estimate of drug-likeness (QED) is 0.0929. The van der Waals surface area contributed by atoms with Gasteiger partial charge >= 0.3 is 11.9 Å². The van der Waals surface area contributed by atoms with Crippen LogP contribution in [0.2, 0.25) is 0 Å². The molecule has 5 aliphatic heterocycles. The minimum absolute atomic E-state index is 0.1000. The maximum Gasteiger partial charge on any atom is 0.321 e. The lowest BCUT2D eigenvalue weighted by Gasteiger charge is -2.20. The van der Waals surface area contributed by atoms with Crippen molar-refractivity contribution in [2.45, 2.75) is 139 Å². The Labute approximate surface area is 377 Å². The summed E-state index contributed by atoms with van der Waals surface area (Å²) >= 11 is 0. The van der Waals surface area contributed by atoms with Gasteiger partial charge in [0.1, 0.15) is 18.3 Å². The molecule has 0 amide bonds. The van der Waals surface area contributed by atoms with Crippen molar-refractivity contribution in [2.75, 3.05) is 13.7 Å². The van der Waals surface area contributed by atoms with E-state index in [1.54, 1.807) is 0 Å². The number of allylic oxidation sites excluding steroid dienone is 12. The molecule has 9 nitrogen and oxygen atoms in total. The molecule has 63 heavy (non-hydrogen) atoms. The number of nitrogens with zero attached hydrogens (tertiary/aromatic N) is 3. The number of aliphatic imine (C=N–C) groups is 3. The van der Waals surface area contributed by atoms with E-state index in [2.05, 4.69) is 73.4 Å². The third-order valence-corrected chi connectivity index (χ3v) is 13.9. The summed E-state index contributed by atoms with van der Waals surface area (Å²) in [6, 6.07) is 0. The topological polar surface area (TPSA) is 122 Å². The second kappa shape index (κ2) is 21.1. The molecule has 338 valence electrons. The number of carbonyl (C=O) groups excluding carboxylic acids is 2. The first kappa shape index (κ1) is 47.4. The van der Waals surface area contributed by atoms with Gasteiger partial charge in [-0.15, -0.1) is 0 Å². The molecular formula is C54H72N4O5. The van der Waals surface area contributed by atoms with E-state index in [0.717, 1.165) is 93.5 Å². The van der Waals surface area contributed by atoms with E-state index in [1.165, 1.54) is 57.6 Å². The monoisotopic (exact) mass is 857 g/mol. The van der Waals surface area contributed by atoms with Gasteiger partial charge in [-0.2, -0.15) is 0 Å². The molecule has 1 aliphatic carbocycles. The van der Waals surface area contributed by atoms with Gasteiger partial charge < -0.3 is 19.9 Å². The average molecular weight is 857 g/mol. The fourth-order valence-electron chi connectivity index (χ4n) is 9.92. The van der Waals surface area contributed by atoms with Crippen LogP contribution in [0.5, 0.6) is 0 Å². The lowest BCUT2D eigenvalue weighted by atomic mass is 9.84. The molecule has 6 aliphatic rings. The first-order valence-corrected chi connectivity index (χ1v) is 23.7. The summed E-state index contributed by atoms with van der Waals surface area (Å²) in [5.41, 5.74) is 12.4. The van der Waals surface area contributed by atoms with Gasteiger partial charge in [0.05, 0.1) is 41.3 Å². The number of hydrogen-bond donors (Lipinski definition) is 2. The molecule has 5 unspecified atom stereocenters. The Morgan fingerprint density at radius 1 is 0.889 bits per heavy atom. The molecule has 5 heterocycles. The Morgan fingerprint density at radius 2 is 1.56 bits per heavy atom. The SMILES string of the molecule is C=CC1=C(C)C2=NC1=CC1=NC(=CC3=CC4=C(O)C(C(=O)OC)C(=C5NC(=C2)C(C)C5CCC(=O)OC/C=C(\C)CCCC(C)CCCC(C)CCCC(C)C)C4=N3)C(CC)=C1C. The summed E-state index contributed by atoms with van der Waals surface area (Å²) in [4.78, 5) is 42.1. The van der Waals surface area contributed by atoms with Crippen molar-refractivity contribution in [3.8, 4) is 0 Å². The Bertz CT molecular complexity index is 2240. The van der Waals surface area contributed by atoms with Crippen LogP contribution >= 0.6 is 0 Å². The van der Waals surface area contributed by atoms with Gasteiger partial charge in [-0.3, -0.25) is 9.59 Å². The summed E-state index contributed by atoms with van der Waals surface area (Å²) in [7, 11) is 1.33. The van der Waals surface area contributed by atoms with E-state index in [9.17, 15) is 14.7 Å². The van der Waals surface area contributed by atoms with E-state index < -0.39 is 11.9 Å². The molecule has 5 atom stereocenters. The molecule has 1 fully saturated rings. The molecule has 0 aromatic heterocycles. The number of ether oxygens (including phenoxy) is 2. The van der Waals surface area contributed by atoms with Crippen molar-refractivity contribution in [3.63, 3.8) is 0 Å². The highest BCUT2D eigenvalue weighted by Gasteiger charge is 2.47. The van der Waals surface area contributed by atoms with Gasteiger partial charge in [0.2, 0.25) is 0 Å². The molecule has 0 aromatic carbocycles. The molecule has 0 spiro atoms. The number of aliphatic hydroxyl groups excluding tert-OH is 1. The zero-order chi connectivity index (χ0) is 45.5. The van der Waals surface area contributed by atoms with Crippen LogP contribution in [0.15, 0.2) is 131 Å². The molecule has 0 saturated carbocycles. The van der Waals surface area contributed by atoms with Gasteiger partial charge in [-0.1, -0.05) is 105 Å². The standard InChI is InChI=1S/C54H72N4O5/c1-12-39-35(8)44-30-47-40(13-2)36(9)43(57-47)29-45-37(10)41(51(58-45)49-50(54(61)62-11)53(60)42-27-38(55-52(42)49)28-46(39)56-44)23-24-48(59)63-26-25-34(7)22-16-21-33(6)20-15-19-32(5)18-14-17-31(3)4/h13,25,27-33,37,41,50,58,60H,2,12,14-24,26H2,1,3-11H3/b34-25+,45-29?,46-28?,47-30?,51-49?. The Kier molecular flexibility index (Phi) is 15.9. The summed E-state index contributed by atoms with van der Waals surface area (Å²) in [5, 5.41) is 15.4. The number of aliphatic hydroxyl groups is 1. The summed E-state index contributed by atoms with van der Waals surface area (Å²) < 4.78 is 11.1. The van der Waals surface area contributed by atoms with E-state index in [0.29, 0.717) is 29.0 Å². The number of rotatable bonds is 20. The van der Waals surface area contributed by atoms with Gasteiger partial charge in [-0.25, -0.2) is 15.0 Å². The summed E-state index contributed by atoms with van der Waals surface area (Å²) in [6.45, 7) is 24.3. The van der Waals surface area contributed by atoms with Crippen LogP contribution in [0.4, 0.5) is 0 Å². The summed E-state index contributed by atoms with van der Waals surface area (Å²) in [6.07, 6.45) is 24.5. The highest BCUT2D eigenvalue weighted by molar-refractivity contribution is 6.23. The van der Waals surface area contributed by atoms with E-state index in [4.69, 9.17) is 24.5 Å². The van der Waals surface area contributed by atoms with Crippen molar-refractivity contribution in [1.82, 2.24) is 5.32 Å². The fourth-order valence-corrected chi connectivity index (χ4v) is 9.92. The summed E-state index contributed by atoms with van der Waals surface area (Å²) in [5.74, 6) is -0.0235. The Balaban J connectivity index is 1.18. The maximum atomic E-state index is 13.5. The van der Waals surface area contributed by atoms with Gasteiger partial charge in [0.15, 0.2) is 0 Å². The van der Waals surface area contributed by atoms with E-state index >= 15 is 0 Å². The highest BCUT2D eigenvalue weighted by atomic mass is 16.5. The molecule has 1 saturated heterocycles. The number of esters is 2. The first-order valence-electron chi connectivity index (χ1n) is 23.7. The van der Waals surface area contributed by atoms with Crippen LogP contribution in [-0.2, 0) is 19.1 Å². The van der Waals surface area contributed by atoms with Crippen molar-refractivity contribution in [3.05, 3.63) is 116 Å². The molecule has 2 N–H and O–H groups in total. The number of carbonyl (C=O) groups is 2. The third kappa shape index (κ3) is 10.8. The van der Waals surface area contributed by atoms with Crippen LogP contribution in [0, 0.1) is 35.5 Å². The number of nitrogens with one attached hydrogen (secondary N) is 1. The molecular weight excluding hydrogens is 785 g/mol. The van der Waals surface area contributed by atoms with Gasteiger partial charge in [0.25, 0.3) is 0 Å². The number of fused-ring (bicyclic) bond motifs is 5. The normalized spacial score (nSPS) is 22.7. The predicted molar refractivity (Wildman–Crippen MR) is 257 cm³/mol. The second-order valence-electron chi connectivity index (χ2n) is 19.1. The van der Waals surface area contributed by atoms with E-state index in [-0.39, 0.29) is 36.6 Å². The largest absolute Gasteiger partial charge is 0.510 e. The zero-order valence-electron chi connectivity index (χ0n) is 39.7. The van der Waals surface area contributed by atoms with Crippen molar-refractivity contribution in [1.29, 1.82) is 0 Å². The van der Waals surface area contributed by atoms with Crippen LogP contribution < -0.4 is 5.32 Å².